The van der Waals surface area contributed by atoms with Gasteiger partial charge in [-0.25, -0.2) is 0 Å². The zero-order valence-electron chi connectivity index (χ0n) is 13.7. The van der Waals surface area contributed by atoms with Crippen molar-refractivity contribution in [2.24, 2.45) is 10.4 Å². The fourth-order valence-corrected chi connectivity index (χ4v) is 2.61. The van der Waals surface area contributed by atoms with Crippen molar-refractivity contribution in [3.05, 3.63) is 53.8 Å². The third-order valence-corrected chi connectivity index (χ3v) is 3.58. The number of nitrogens with one attached hydrogen (secondary N) is 1. The minimum atomic E-state index is 0.246. The summed E-state index contributed by atoms with van der Waals surface area (Å²) in [7, 11) is 0. The maximum atomic E-state index is 4.69. The molecule has 0 aliphatic heterocycles. The van der Waals surface area contributed by atoms with Crippen LogP contribution < -0.4 is 5.32 Å². The number of rotatable bonds is 4. The van der Waals surface area contributed by atoms with E-state index in [1.807, 2.05) is 6.92 Å². The van der Waals surface area contributed by atoms with E-state index < -0.39 is 0 Å². The summed E-state index contributed by atoms with van der Waals surface area (Å²) in [6, 6.07) is 8.52. The molecule has 0 aromatic heterocycles. The number of aryl methyl sites for hydroxylation is 1. The minimum absolute atomic E-state index is 0.246. The molecule has 1 N–H and O–H groups in total. The molecule has 112 valence electrons. The van der Waals surface area contributed by atoms with Crippen molar-refractivity contribution in [2.75, 3.05) is 11.9 Å². The molecule has 2 nitrogen and oxygen atoms in total. The van der Waals surface area contributed by atoms with Gasteiger partial charge in [0.15, 0.2) is 0 Å². The van der Waals surface area contributed by atoms with E-state index in [-0.39, 0.29) is 5.41 Å². The standard InChI is InChI=1S/C19H26N2/c1-14(2)13-20-17-10-18(12-19(4,5)11-17)21-16-8-6-15(3)7-9-16/h6-10,21H,1,11-13H2,2-5H3. The van der Waals surface area contributed by atoms with Crippen LogP contribution in [0.1, 0.15) is 39.2 Å². The van der Waals surface area contributed by atoms with Crippen LogP contribution in [0.25, 0.3) is 0 Å². The topological polar surface area (TPSA) is 24.4 Å². The summed E-state index contributed by atoms with van der Waals surface area (Å²) in [4.78, 5) is 4.69. The van der Waals surface area contributed by atoms with Gasteiger partial charge in [-0.15, -0.1) is 0 Å². The minimum Gasteiger partial charge on any atom is -0.359 e. The lowest BCUT2D eigenvalue weighted by Crippen LogP contribution is -2.24. The zero-order chi connectivity index (χ0) is 15.5. The van der Waals surface area contributed by atoms with E-state index in [0.29, 0.717) is 0 Å². The van der Waals surface area contributed by atoms with Crippen molar-refractivity contribution in [2.45, 2.75) is 40.5 Å². The first-order valence-electron chi connectivity index (χ1n) is 7.56. The number of benzene rings is 1. The largest absolute Gasteiger partial charge is 0.359 e. The van der Waals surface area contributed by atoms with E-state index >= 15 is 0 Å². The Bertz CT molecular complexity index is 574. The molecule has 1 aliphatic carbocycles. The Labute approximate surface area is 128 Å². The van der Waals surface area contributed by atoms with Crippen molar-refractivity contribution in [1.29, 1.82) is 0 Å². The third-order valence-electron chi connectivity index (χ3n) is 3.58. The molecule has 0 spiro atoms. The summed E-state index contributed by atoms with van der Waals surface area (Å²) in [6.45, 7) is 13.4. The van der Waals surface area contributed by atoms with Gasteiger partial charge in [-0.05, 0) is 50.3 Å². The van der Waals surface area contributed by atoms with Crippen LogP contribution in [0.4, 0.5) is 5.69 Å². The van der Waals surface area contributed by atoms with Gasteiger partial charge in [0.05, 0.1) is 6.54 Å². The molecule has 0 unspecified atom stereocenters. The normalized spacial score (nSPS) is 19.2. The Hall–Kier alpha value is -1.83. The van der Waals surface area contributed by atoms with E-state index in [1.165, 1.54) is 17.0 Å². The van der Waals surface area contributed by atoms with E-state index in [9.17, 15) is 0 Å². The van der Waals surface area contributed by atoms with Crippen molar-refractivity contribution in [3.8, 4) is 0 Å². The van der Waals surface area contributed by atoms with Crippen LogP contribution in [0.3, 0.4) is 0 Å². The van der Waals surface area contributed by atoms with Gasteiger partial charge < -0.3 is 5.32 Å². The predicted molar refractivity (Wildman–Crippen MR) is 93.0 cm³/mol. The van der Waals surface area contributed by atoms with Crippen molar-refractivity contribution in [1.82, 2.24) is 0 Å². The molecule has 0 saturated heterocycles. The average Bonchev–Trinajstić information content (AvgIpc) is 2.37. The predicted octanol–water partition coefficient (Wildman–Crippen LogP) is 5.13. The molecule has 1 aliphatic rings. The SMILES string of the molecule is C=C(C)CN=C1C=C(Nc2ccc(C)cc2)CC(C)(C)C1. The number of anilines is 1. The Morgan fingerprint density at radius 2 is 1.90 bits per heavy atom. The first-order chi connectivity index (χ1) is 9.84. The highest BCUT2D eigenvalue weighted by Crippen LogP contribution is 2.34. The second-order valence-corrected chi connectivity index (χ2v) is 6.94. The smallest absolute Gasteiger partial charge is 0.0597 e. The van der Waals surface area contributed by atoms with Crippen LogP contribution in [0.2, 0.25) is 0 Å². The average molecular weight is 282 g/mol. The van der Waals surface area contributed by atoms with Gasteiger partial charge in [0.25, 0.3) is 0 Å². The molecule has 0 fully saturated rings. The van der Waals surface area contributed by atoms with Crippen molar-refractivity contribution >= 4 is 11.4 Å². The molecule has 1 aromatic rings. The molecule has 21 heavy (non-hydrogen) atoms. The van der Waals surface area contributed by atoms with Crippen LogP contribution >= 0.6 is 0 Å². The summed E-state index contributed by atoms with van der Waals surface area (Å²) in [6.07, 6.45) is 4.28. The molecule has 0 atom stereocenters. The van der Waals surface area contributed by atoms with E-state index in [2.05, 4.69) is 68.0 Å². The summed E-state index contributed by atoms with van der Waals surface area (Å²) >= 11 is 0. The lowest BCUT2D eigenvalue weighted by Gasteiger charge is -2.31. The third kappa shape index (κ3) is 4.89. The quantitative estimate of drug-likeness (QED) is 0.761. The summed E-state index contributed by atoms with van der Waals surface area (Å²) in [5.41, 5.74) is 6.19. The maximum Gasteiger partial charge on any atom is 0.0597 e. The van der Waals surface area contributed by atoms with E-state index in [1.54, 1.807) is 0 Å². The highest BCUT2D eigenvalue weighted by atomic mass is 14.9. The maximum absolute atomic E-state index is 4.69. The van der Waals surface area contributed by atoms with Crippen LogP contribution in [0, 0.1) is 12.3 Å². The molecular formula is C19H26N2. The zero-order valence-corrected chi connectivity index (χ0v) is 13.7. The van der Waals surface area contributed by atoms with Crippen LogP contribution in [0.5, 0.6) is 0 Å². The van der Waals surface area contributed by atoms with E-state index in [4.69, 9.17) is 0 Å². The Morgan fingerprint density at radius 3 is 2.52 bits per heavy atom. The van der Waals surface area contributed by atoms with Gasteiger partial charge in [-0.2, -0.15) is 0 Å². The van der Waals surface area contributed by atoms with Gasteiger partial charge >= 0.3 is 0 Å². The van der Waals surface area contributed by atoms with Gasteiger partial charge in [0.1, 0.15) is 0 Å². The molecule has 0 radical (unpaired) electrons. The van der Waals surface area contributed by atoms with Gasteiger partial charge in [0, 0.05) is 17.1 Å². The molecule has 2 heteroatoms. The number of hydrogen-bond donors (Lipinski definition) is 1. The summed E-state index contributed by atoms with van der Waals surface area (Å²) in [5, 5.41) is 3.54. The first kappa shape index (κ1) is 15.6. The number of allylic oxidation sites excluding steroid dienone is 2. The van der Waals surface area contributed by atoms with Crippen LogP contribution in [-0.2, 0) is 0 Å². The van der Waals surface area contributed by atoms with Gasteiger partial charge in [-0.3, -0.25) is 4.99 Å². The van der Waals surface area contributed by atoms with Gasteiger partial charge in [0.2, 0.25) is 0 Å². The number of hydrogen-bond acceptors (Lipinski definition) is 2. The first-order valence-corrected chi connectivity index (χ1v) is 7.56. The second-order valence-electron chi connectivity index (χ2n) is 6.94. The van der Waals surface area contributed by atoms with E-state index in [0.717, 1.165) is 30.6 Å². The molecule has 2 rings (SSSR count). The molecule has 0 amide bonds. The number of aliphatic imine (C=N–C) groups is 1. The molecule has 0 saturated carbocycles. The van der Waals surface area contributed by atoms with Crippen LogP contribution in [-0.4, -0.2) is 12.3 Å². The molecule has 1 aromatic carbocycles. The fraction of sp³-hybridized carbons (Fsp3) is 0.421. The Balaban J connectivity index is 2.17. The highest BCUT2D eigenvalue weighted by Gasteiger charge is 2.26. The lowest BCUT2D eigenvalue weighted by atomic mass is 9.78. The van der Waals surface area contributed by atoms with Gasteiger partial charge in [-0.1, -0.05) is 43.7 Å². The fourth-order valence-electron chi connectivity index (χ4n) is 2.61. The molecule has 0 heterocycles. The molecule has 0 bridgehead atoms. The lowest BCUT2D eigenvalue weighted by molar-refractivity contribution is 0.374. The van der Waals surface area contributed by atoms with Crippen molar-refractivity contribution < 1.29 is 0 Å². The number of nitrogens with zero attached hydrogens (tertiary/aromatic N) is 1. The molecular weight excluding hydrogens is 256 g/mol. The Morgan fingerprint density at radius 1 is 1.24 bits per heavy atom. The highest BCUT2D eigenvalue weighted by molar-refractivity contribution is 5.97. The Kier molecular flexibility index (Phi) is 4.66. The monoisotopic (exact) mass is 282 g/mol. The second kappa shape index (κ2) is 6.30. The van der Waals surface area contributed by atoms with Crippen molar-refractivity contribution in [3.63, 3.8) is 0 Å². The summed E-state index contributed by atoms with van der Waals surface area (Å²) in [5.74, 6) is 0. The van der Waals surface area contributed by atoms with Crippen LogP contribution in [0.15, 0.2) is 53.2 Å². The summed E-state index contributed by atoms with van der Waals surface area (Å²) < 4.78 is 0.